The number of nitrogens with zero attached hydrogens (tertiary/aromatic N) is 1. The van der Waals surface area contributed by atoms with Gasteiger partial charge in [0.2, 0.25) is 5.91 Å². The third kappa shape index (κ3) is 1.59. The highest BCUT2D eigenvalue weighted by Crippen LogP contribution is 2.29. The SMILES string of the molecule is COc1cc(Cl)c2ccn(C(C)=O)c2c1. The average Bonchev–Trinajstić information content (AvgIpc) is 2.61. The summed E-state index contributed by atoms with van der Waals surface area (Å²) in [5, 5.41) is 1.44. The van der Waals surface area contributed by atoms with E-state index in [1.807, 2.05) is 6.07 Å². The number of aromatic nitrogens is 1. The quantitative estimate of drug-likeness (QED) is 0.744. The molecule has 0 atom stereocenters. The van der Waals surface area contributed by atoms with Crippen molar-refractivity contribution in [3.63, 3.8) is 0 Å². The first-order valence-corrected chi connectivity index (χ1v) is 4.87. The van der Waals surface area contributed by atoms with Crippen LogP contribution in [-0.2, 0) is 0 Å². The van der Waals surface area contributed by atoms with E-state index in [1.165, 1.54) is 6.92 Å². The molecule has 0 aliphatic rings. The van der Waals surface area contributed by atoms with Crippen molar-refractivity contribution in [2.45, 2.75) is 6.92 Å². The van der Waals surface area contributed by atoms with Crippen LogP contribution >= 0.6 is 11.6 Å². The highest BCUT2D eigenvalue weighted by atomic mass is 35.5. The Balaban J connectivity index is 2.78. The topological polar surface area (TPSA) is 31.2 Å². The van der Waals surface area contributed by atoms with Gasteiger partial charge in [0.25, 0.3) is 0 Å². The number of halogens is 1. The second-order valence-corrected chi connectivity index (χ2v) is 3.65. The summed E-state index contributed by atoms with van der Waals surface area (Å²) in [6.07, 6.45) is 1.71. The van der Waals surface area contributed by atoms with Crippen LogP contribution in [0.1, 0.15) is 11.7 Å². The molecule has 0 aliphatic carbocycles. The van der Waals surface area contributed by atoms with Gasteiger partial charge in [0.1, 0.15) is 5.75 Å². The minimum absolute atomic E-state index is 0.0469. The zero-order chi connectivity index (χ0) is 11.0. The van der Waals surface area contributed by atoms with E-state index in [0.29, 0.717) is 10.8 Å². The Kier molecular flexibility index (Phi) is 2.40. The molecule has 2 aromatic rings. The molecular weight excluding hydrogens is 214 g/mol. The van der Waals surface area contributed by atoms with Crippen LogP contribution in [0.2, 0.25) is 5.02 Å². The van der Waals surface area contributed by atoms with Crippen LogP contribution in [0.4, 0.5) is 0 Å². The zero-order valence-corrected chi connectivity index (χ0v) is 9.21. The minimum Gasteiger partial charge on any atom is -0.497 e. The van der Waals surface area contributed by atoms with Gasteiger partial charge in [-0.2, -0.15) is 0 Å². The van der Waals surface area contributed by atoms with Crippen molar-refractivity contribution >= 4 is 28.4 Å². The molecule has 0 radical (unpaired) electrons. The minimum atomic E-state index is -0.0469. The third-order valence-corrected chi connectivity index (χ3v) is 2.62. The molecule has 0 saturated heterocycles. The lowest BCUT2D eigenvalue weighted by atomic mass is 10.2. The Hall–Kier alpha value is -1.48. The molecule has 0 unspecified atom stereocenters. The summed E-state index contributed by atoms with van der Waals surface area (Å²) in [5.74, 6) is 0.600. The highest BCUT2D eigenvalue weighted by molar-refractivity contribution is 6.35. The van der Waals surface area contributed by atoms with Gasteiger partial charge in [-0.3, -0.25) is 9.36 Å². The van der Waals surface area contributed by atoms with E-state index in [4.69, 9.17) is 16.3 Å². The molecule has 0 saturated carbocycles. The van der Waals surface area contributed by atoms with Crippen molar-refractivity contribution < 1.29 is 9.53 Å². The van der Waals surface area contributed by atoms with Crippen LogP contribution in [0.5, 0.6) is 5.75 Å². The molecule has 1 aromatic carbocycles. The molecule has 1 aromatic heterocycles. The van der Waals surface area contributed by atoms with Gasteiger partial charge in [-0.15, -0.1) is 0 Å². The molecule has 0 amide bonds. The fraction of sp³-hybridized carbons (Fsp3) is 0.182. The van der Waals surface area contributed by atoms with Crippen molar-refractivity contribution in [1.82, 2.24) is 4.57 Å². The van der Waals surface area contributed by atoms with E-state index < -0.39 is 0 Å². The summed E-state index contributed by atoms with van der Waals surface area (Å²) >= 11 is 6.05. The lowest BCUT2D eigenvalue weighted by Gasteiger charge is -2.04. The van der Waals surface area contributed by atoms with E-state index >= 15 is 0 Å². The predicted molar refractivity (Wildman–Crippen MR) is 59.8 cm³/mol. The fourth-order valence-electron chi connectivity index (χ4n) is 1.57. The van der Waals surface area contributed by atoms with Crippen LogP contribution in [0, 0.1) is 0 Å². The molecule has 0 bridgehead atoms. The highest BCUT2D eigenvalue weighted by Gasteiger charge is 2.09. The first-order valence-electron chi connectivity index (χ1n) is 4.49. The fourth-order valence-corrected chi connectivity index (χ4v) is 1.83. The first kappa shape index (κ1) is 10.1. The molecule has 1 heterocycles. The molecule has 15 heavy (non-hydrogen) atoms. The predicted octanol–water partition coefficient (Wildman–Crippen LogP) is 2.96. The number of ether oxygens (including phenoxy) is 1. The van der Waals surface area contributed by atoms with Crippen LogP contribution in [0.15, 0.2) is 24.4 Å². The Morgan fingerprint density at radius 2 is 2.20 bits per heavy atom. The number of fused-ring (bicyclic) bond motifs is 1. The maximum absolute atomic E-state index is 11.3. The Labute approximate surface area is 92.2 Å². The van der Waals surface area contributed by atoms with Crippen molar-refractivity contribution in [3.05, 3.63) is 29.4 Å². The van der Waals surface area contributed by atoms with Gasteiger partial charge in [0, 0.05) is 24.6 Å². The number of methoxy groups -OCH3 is 1. The number of benzene rings is 1. The van der Waals surface area contributed by atoms with E-state index in [2.05, 4.69) is 0 Å². The summed E-state index contributed by atoms with van der Waals surface area (Å²) in [6, 6.07) is 5.34. The van der Waals surface area contributed by atoms with Crippen molar-refractivity contribution in [1.29, 1.82) is 0 Å². The lowest BCUT2D eigenvalue weighted by Crippen LogP contribution is -2.02. The van der Waals surface area contributed by atoms with Crippen LogP contribution in [0.25, 0.3) is 10.9 Å². The summed E-state index contributed by atoms with van der Waals surface area (Å²) in [5.41, 5.74) is 0.770. The summed E-state index contributed by atoms with van der Waals surface area (Å²) in [6.45, 7) is 1.51. The number of hydrogen-bond acceptors (Lipinski definition) is 2. The summed E-state index contributed by atoms with van der Waals surface area (Å²) in [7, 11) is 1.57. The Morgan fingerprint density at radius 1 is 1.47 bits per heavy atom. The van der Waals surface area contributed by atoms with E-state index in [-0.39, 0.29) is 5.91 Å². The van der Waals surface area contributed by atoms with Crippen molar-refractivity contribution in [2.24, 2.45) is 0 Å². The lowest BCUT2D eigenvalue weighted by molar-refractivity contribution is 0.0941. The van der Waals surface area contributed by atoms with Gasteiger partial charge < -0.3 is 4.74 Å². The Morgan fingerprint density at radius 3 is 2.80 bits per heavy atom. The maximum atomic E-state index is 11.3. The molecular formula is C11H10ClNO2. The normalized spacial score (nSPS) is 10.6. The molecule has 4 heteroatoms. The molecule has 78 valence electrons. The second kappa shape index (κ2) is 3.59. The summed E-state index contributed by atoms with van der Waals surface area (Å²) in [4.78, 5) is 11.3. The molecule has 2 rings (SSSR count). The number of carbonyl (C=O) groups excluding carboxylic acids is 1. The van der Waals surface area contributed by atoms with Gasteiger partial charge in [0.15, 0.2) is 0 Å². The number of rotatable bonds is 1. The van der Waals surface area contributed by atoms with Crippen molar-refractivity contribution in [2.75, 3.05) is 7.11 Å². The third-order valence-electron chi connectivity index (χ3n) is 2.31. The monoisotopic (exact) mass is 223 g/mol. The van der Waals surface area contributed by atoms with Gasteiger partial charge in [-0.05, 0) is 12.1 Å². The smallest absolute Gasteiger partial charge is 0.227 e. The molecule has 3 nitrogen and oxygen atoms in total. The zero-order valence-electron chi connectivity index (χ0n) is 8.45. The average molecular weight is 224 g/mol. The van der Waals surface area contributed by atoms with Gasteiger partial charge in [-0.1, -0.05) is 11.6 Å². The van der Waals surface area contributed by atoms with Gasteiger partial charge >= 0.3 is 0 Å². The molecule has 0 aliphatic heterocycles. The van der Waals surface area contributed by atoms with Gasteiger partial charge in [-0.25, -0.2) is 0 Å². The maximum Gasteiger partial charge on any atom is 0.227 e. The summed E-state index contributed by atoms with van der Waals surface area (Å²) < 4.78 is 6.64. The molecule has 0 fully saturated rings. The van der Waals surface area contributed by atoms with Crippen LogP contribution < -0.4 is 4.74 Å². The first-order chi connectivity index (χ1) is 7.13. The van der Waals surface area contributed by atoms with Gasteiger partial charge in [0.05, 0.1) is 17.6 Å². The van der Waals surface area contributed by atoms with Crippen LogP contribution in [0.3, 0.4) is 0 Å². The number of hydrogen-bond donors (Lipinski definition) is 0. The number of carbonyl (C=O) groups is 1. The largest absolute Gasteiger partial charge is 0.497 e. The van der Waals surface area contributed by atoms with E-state index in [0.717, 1.165) is 10.9 Å². The van der Waals surface area contributed by atoms with Crippen molar-refractivity contribution in [3.8, 4) is 5.75 Å². The van der Waals surface area contributed by atoms with E-state index in [9.17, 15) is 4.79 Å². The van der Waals surface area contributed by atoms with E-state index in [1.54, 1.807) is 30.0 Å². The Bertz CT molecular complexity index is 531. The second-order valence-electron chi connectivity index (χ2n) is 3.25. The molecule has 0 N–H and O–H groups in total. The molecule has 0 spiro atoms. The standard InChI is InChI=1S/C11H10ClNO2/c1-7(14)13-4-3-9-10(12)5-8(15-2)6-11(9)13/h3-6H,1-2H3. The van der Waals surface area contributed by atoms with Crippen LogP contribution in [-0.4, -0.2) is 17.6 Å².